The lowest BCUT2D eigenvalue weighted by Crippen LogP contribution is -2.19. The van der Waals surface area contributed by atoms with Crippen LogP contribution < -0.4 is 10.6 Å². The lowest BCUT2D eigenvalue weighted by Gasteiger charge is -2.20. The van der Waals surface area contributed by atoms with Crippen molar-refractivity contribution in [2.75, 3.05) is 10.6 Å². The van der Waals surface area contributed by atoms with E-state index in [4.69, 9.17) is 9.97 Å². The third kappa shape index (κ3) is 7.79. The molecule has 2 N–H and O–H groups in total. The Bertz CT molecular complexity index is 1130. The first-order valence-electron chi connectivity index (χ1n) is 13.0. The molecule has 0 spiro atoms. The van der Waals surface area contributed by atoms with E-state index in [0.717, 1.165) is 58.4 Å². The molecule has 2 heterocycles. The van der Waals surface area contributed by atoms with Crippen LogP contribution in [0.25, 0.3) is 0 Å². The van der Waals surface area contributed by atoms with Crippen LogP contribution in [0.3, 0.4) is 0 Å². The fourth-order valence-corrected chi connectivity index (χ4v) is 5.12. The van der Waals surface area contributed by atoms with E-state index in [-0.39, 0.29) is 0 Å². The summed E-state index contributed by atoms with van der Waals surface area (Å²) in [5.74, 6) is 2.29. The summed E-state index contributed by atoms with van der Waals surface area (Å²) in [5, 5.41) is 7.09. The Labute approximate surface area is 220 Å². The molecule has 36 heavy (non-hydrogen) atoms. The van der Waals surface area contributed by atoms with Gasteiger partial charge >= 0.3 is 0 Å². The largest absolute Gasteiger partial charge is 0.367 e. The van der Waals surface area contributed by atoms with Crippen molar-refractivity contribution in [3.05, 3.63) is 64.6 Å². The minimum Gasteiger partial charge on any atom is -0.367 e. The van der Waals surface area contributed by atoms with Crippen LogP contribution in [0.1, 0.15) is 74.5 Å². The number of aliphatic imine (C=N–C) groups is 1. The highest BCUT2D eigenvalue weighted by molar-refractivity contribution is 7.98. The molecule has 3 rings (SSSR count). The molecule has 0 fully saturated rings. The SMILES string of the molecule is C=Nc1c(SCc2c(C)nc(NCc3ccc(C)cc3)nc2NC(C)CCCC)ccnc1CCC. The van der Waals surface area contributed by atoms with Crippen LogP contribution in [0.15, 0.2) is 46.4 Å². The van der Waals surface area contributed by atoms with Crippen LogP contribution in [-0.4, -0.2) is 27.7 Å². The van der Waals surface area contributed by atoms with Crippen molar-refractivity contribution < 1.29 is 0 Å². The summed E-state index contributed by atoms with van der Waals surface area (Å²) in [6.07, 6.45) is 7.26. The van der Waals surface area contributed by atoms with Crippen molar-refractivity contribution in [1.82, 2.24) is 15.0 Å². The normalized spacial score (nSPS) is 11.8. The molecule has 2 aromatic heterocycles. The quantitative estimate of drug-likeness (QED) is 0.173. The summed E-state index contributed by atoms with van der Waals surface area (Å²) in [4.78, 5) is 19.7. The number of aromatic nitrogens is 3. The number of aryl methyl sites for hydroxylation is 3. The van der Waals surface area contributed by atoms with Crippen molar-refractivity contribution >= 4 is 35.9 Å². The number of nitrogens with zero attached hydrogens (tertiary/aromatic N) is 4. The standard InChI is InChI=1S/C29H40N6S/c1-7-9-11-21(4)33-28-24(19-36-26-16-17-31-25(10-8-2)27(26)30-6)22(5)34-29(35-28)32-18-23-14-12-20(3)13-15-23/h12-17,21H,6-11,18-19H2,1-5H3,(H2,32,33,34,35). The maximum atomic E-state index is 4.92. The maximum Gasteiger partial charge on any atom is 0.225 e. The number of thioether (sulfide) groups is 1. The van der Waals surface area contributed by atoms with E-state index in [0.29, 0.717) is 18.5 Å². The summed E-state index contributed by atoms with van der Waals surface area (Å²) in [6.45, 7) is 15.3. The summed E-state index contributed by atoms with van der Waals surface area (Å²) in [7, 11) is 0. The number of hydrogen-bond donors (Lipinski definition) is 2. The molecule has 0 saturated heterocycles. The molecule has 1 aromatic carbocycles. The first-order valence-corrected chi connectivity index (χ1v) is 13.9. The number of pyridine rings is 1. The van der Waals surface area contributed by atoms with Gasteiger partial charge in [-0.25, -0.2) is 4.98 Å². The second-order valence-corrected chi connectivity index (χ2v) is 10.3. The van der Waals surface area contributed by atoms with E-state index in [1.54, 1.807) is 11.8 Å². The second-order valence-electron chi connectivity index (χ2n) is 9.29. The predicted octanol–water partition coefficient (Wildman–Crippen LogP) is 7.67. The van der Waals surface area contributed by atoms with Crippen LogP contribution >= 0.6 is 11.8 Å². The third-order valence-electron chi connectivity index (χ3n) is 6.14. The maximum absolute atomic E-state index is 4.92. The first-order chi connectivity index (χ1) is 17.4. The zero-order chi connectivity index (χ0) is 25.9. The van der Waals surface area contributed by atoms with Crippen molar-refractivity contribution in [3.8, 4) is 0 Å². The number of unbranched alkanes of at least 4 members (excludes halogenated alkanes) is 1. The lowest BCUT2D eigenvalue weighted by molar-refractivity contribution is 0.642. The third-order valence-corrected chi connectivity index (χ3v) is 7.21. The second kappa shape index (κ2) is 14.0. The minimum atomic E-state index is 0.329. The van der Waals surface area contributed by atoms with Gasteiger partial charge in [0.1, 0.15) is 5.82 Å². The van der Waals surface area contributed by atoms with Gasteiger partial charge in [0.25, 0.3) is 0 Å². The molecule has 0 amide bonds. The van der Waals surface area contributed by atoms with Crippen LogP contribution in [0.2, 0.25) is 0 Å². The fraction of sp³-hybridized carbons (Fsp3) is 0.448. The molecule has 6 nitrogen and oxygen atoms in total. The molecule has 0 aliphatic carbocycles. The molecule has 0 bridgehead atoms. The molecule has 192 valence electrons. The number of hydrogen-bond acceptors (Lipinski definition) is 7. The summed E-state index contributed by atoms with van der Waals surface area (Å²) in [6, 6.07) is 10.9. The summed E-state index contributed by atoms with van der Waals surface area (Å²) in [5.41, 5.74) is 6.46. The number of benzene rings is 1. The van der Waals surface area contributed by atoms with Crippen LogP contribution in [-0.2, 0) is 18.7 Å². The highest BCUT2D eigenvalue weighted by Crippen LogP contribution is 2.36. The van der Waals surface area contributed by atoms with Crippen LogP contribution in [0.4, 0.5) is 17.5 Å². The number of anilines is 2. The van der Waals surface area contributed by atoms with E-state index in [2.05, 4.69) is 86.2 Å². The van der Waals surface area contributed by atoms with Crippen molar-refractivity contribution in [1.29, 1.82) is 0 Å². The van der Waals surface area contributed by atoms with Crippen molar-refractivity contribution in [2.45, 2.75) is 90.0 Å². The fourth-order valence-electron chi connectivity index (χ4n) is 4.00. The van der Waals surface area contributed by atoms with Crippen molar-refractivity contribution in [3.63, 3.8) is 0 Å². The summed E-state index contributed by atoms with van der Waals surface area (Å²) < 4.78 is 0. The van der Waals surface area contributed by atoms with E-state index < -0.39 is 0 Å². The average Bonchev–Trinajstić information content (AvgIpc) is 2.87. The molecule has 0 aliphatic rings. The van der Waals surface area contributed by atoms with Gasteiger partial charge in [-0.15, -0.1) is 11.8 Å². The van der Waals surface area contributed by atoms with Gasteiger partial charge in [-0.3, -0.25) is 9.98 Å². The zero-order valence-corrected chi connectivity index (χ0v) is 23.2. The molecule has 7 heteroatoms. The van der Waals surface area contributed by atoms with Gasteiger partial charge in [0, 0.05) is 40.7 Å². The monoisotopic (exact) mass is 504 g/mol. The number of nitrogens with one attached hydrogen (secondary N) is 2. The molecule has 1 atom stereocenters. The van der Waals surface area contributed by atoms with E-state index >= 15 is 0 Å². The van der Waals surface area contributed by atoms with E-state index in [1.165, 1.54) is 24.0 Å². The number of rotatable bonds is 14. The molecular weight excluding hydrogens is 464 g/mol. The molecule has 0 aliphatic heterocycles. The molecule has 1 unspecified atom stereocenters. The van der Waals surface area contributed by atoms with Gasteiger partial charge in [0.2, 0.25) is 5.95 Å². The van der Waals surface area contributed by atoms with Crippen LogP contribution in [0, 0.1) is 13.8 Å². The van der Waals surface area contributed by atoms with Gasteiger partial charge in [-0.05, 0) is 52.0 Å². The first kappa shape index (κ1) is 27.7. The Kier molecular flexibility index (Phi) is 10.7. The Balaban J connectivity index is 1.84. The highest BCUT2D eigenvalue weighted by atomic mass is 32.2. The zero-order valence-electron chi connectivity index (χ0n) is 22.4. The molecule has 3 aromatic rings. The highest BCUT2D eigenvalue weighted by Gasteiger charge is 2.16. The van der Waals surface area contributed by atoms with Gasteiger partial charge in [0.15, 0.2) is 0 Å². The van der Waals surface area contributed by atoms with Crippen LogP contribution in [0.5, 0.6) is 0 Å². The Hall–Kier alpha value is -2.93. The Morgan fingerprint density at radius 2 is 1.83 bits per heavy atom. The van der Waals surface area contributed by atoms with Gasteiger partial charge in [0.05, 0.1) is 11.4 Å². The van der Waals surface area contributed by atoms with E-state index in [1.807, 2.05) is 12.3 Å². The Morgan fingerprint density at radius 1 is 1.06 bits per heavy atom. The average molecular weight is 505 g/mol. The Morgan fingerprint density at radius 3 is 2.53 bits per heavy atom. The van der Waals surface area contributed by atoms with Gasteiger partial charge in [-0.2, -0.15) is 4.98 Å². The molecule has 0 saturated carbocycles. The van der Waals surface area contributed by atoms with Gasteiger partial charge in [-0.1, -0.05) is 62.9 Å². The smallest absolute Gasteiger partial charge is 0.225 e. The molecule has 0 radical (unpaired) electrons. The lowest BCUT2D eigenvalue weighted by atomic mass is 10.1. The molecular formula is C29H40N6S. The summed E-state index contributed by atoms with van der Waals surface area (Å²) >= 11 is 1.74. The van der Waals surface area contributed by atoms with Crippen molar-refractivity contribution in [2.24, 2.45) is 4.99 Å². The van der Waals surface area contributed by atoms with Gasteiger partial charge < -0.3 is 10.6 Å². The minimum absolute atomic E-state index is 0.329. The predicted molar refractivity (Wildman–Crippen MR) is 155 cm³/mol. The topological polar surface area (TPSA) is 75.1 Å². The van der Waals surface area contributed by atoms with E-state index in [9.17, 15) is 0 Å².